The number of rotatable bonds is 7. The highest BCUT2D eigenvalue weighted by Crippen LogP contribution is 2.50. The zero-order valence-electron chi connectivity index (χ0n) is 19.3. The SMILES string of the molecule is COc1c2c(cc3c1[C@H](c1nnnn1-c1ccc(C(=O)NC[C@H](O)CO)cc1)N(C)CC3)OCO2. The van der Waals surface area contributed by atoms with Gasteiger partial charge in [-0.05, 0) is 59.8 Å². The number of aliphatic hydroxyl groups is 2. The number of carbonyl (C=O) groups is 1. The first-order valence-electron chi connectivity index (χ1n) is 11.2. The van der Waals surface area contributed by atoms with Crippen molar-refractivity contribution in [2.75, 3.05) is 40.6 Å². The maximum Gasteiger partial charge on any atom is 0.251 e. The molecule has 5 rings (SSSR count). The second-order valence-electron chi connectivity index (χ2n) is 8.39. The first-order valence-corrected chi connectivity index (χ1v) is 11.2. The third kappa shape index (κ3) is 4.16. The molecule has 0 fully saturated rings. The summed E-state index contributed by atoms with van der Waals surface area (Å²) in [6.07, 6.45) is -0.196. The fourth-order valence-corrected chi connectivity index (χ4v) is 4.44. The molecule has 0 saturated heterocycles. The smallest absolute Gasteiger partial charge is 0.251 e. The molecule has 35 heavy (non-hydrogen) atoms. The van der Waals surface area contributed by atoms with Gasteiger partial charge < -0.3 is 29.7 Å². The van der Waals surface area contributed by atoms with Crippen LogP contribution in [0.1, 0.15) is 33.4 Å². The van der Waals surface area contributed by atoms with Gasteiger partial charge in [-0.2, -0.15) is 4.68 Å². The van der Waals surface area contributed by atoms with Crippen LogP contribution in [0, 0.1) is 0 Å². The van der Waals surface area contributed by atoms with Crippen LogP contribution in [0.25, 0.3) is 5.69 Å². The fraction of sp³-hybridized carbons (Fsp3) is 0.391. The summed E-state index contributed by atoms with van der Waals surface area (Å²) in [5, 5.41) is 33.4. The number of methoxy groups -OCH3 is 1. The molecule has 1 aromatic heterocycles. The normalized spacial score (nSPS) is 17.7. The van der Waals surface area contributed by atoms with Crippen LogP contribution in [0.2, 0.25) is 0 Å². The van der Waals surface area contributed by atoms with Crippen LogP contribution >= 0.6 is 0 Å². The van der Waals surface area contributed by atoms with Crippen LogP contribution in [0.15, 0.2) is 30.3 Å². The van der Waals surface area contributed by atoms with Gasteiger partial charge in [0, 0.05) is 24.2 Å². The Bertz CT molecular complexity index is 1230. The molecule has 12 heteroatoms. The molecule has 1 amide bonds. The Kier molecular flexibility index (Phi) is 6.24. The number of hydrogen-bond acceptors (Lipinski definition) is 10. The lowest BCUT2D eigenvalue weighted by molar-refractivity contribution is 0.0802. The zero-order chi connectivity index (χ0) is 24.5. The van der Waals surface area contributed by atoms with E-state index in [9.17, 15) is 9.90 Å². The number of aliphatic hydroxyl groups excluding tert-OH is 2. The second kappa shape index (κ2) is 9.49. The number of benzene rings is 2. The summed E-state index contributed by atoms with van der Waals surface area (Å²) in [4.78, 5) is 14.5. The van der Waals surface area contributed by atoms with Crippen LogP contribution in [0.5, 0.6) is 17.2 Å². The molecule has 2 aliphatic rings. The summed E-state index contributed by atoms with van der Waals surface area (Å²) in [6.45, 7) is 0.465. The Morgan fingerprint density at radius 2 is 2.11 bits per heavy atom. The van der Waals surface area contributed by atoms with E-state index >= 15 is 0 Å². The molecule has 0 unspecified atom stereocenters. The number of amides is 1. The lowest BCUT2D eigenvalue weighted by Gasteiger charge is -2.34. The van der Waals surface area contributed by atoms with Crippen molar-refractivity contribution in [3.63, 3.8) is 0 Å². The molecular formula is C23H26N6O6. The highest BCUT2D eigenvalue weighted by molar-refractivity contribution is 5.94. The summed E-state index contributed by atoms with van der Waals surface area (Å²) in [5.41, 5.74) is 3.10. The molecule has 0 saturated carbocycles. The minimum Gasteiger partial charge on any atom is -0.492 e. The third-order valence-electron chi connectivity index (χ3n) is 6.22. The van der Waals surface area contributed by atoms with E-state index in [0.29, 0.717) is 34.3 Å². The minimum absolute atomic E-state index is 0.0397. The highest BCUT2D eigenvalue weighted by atomic mass is 16.7. The van der Waals surface area contributed by atoms with E-state index in [1.807, 2.05) is 13.1 Å². The lowest BCUT2D eigenvalue weighted by Crippen LogP contribution is -2.35. The zero-order valence-corrected chi connectivity index (χ0v) is 19.3. The number of tetrazole rings is 1. The average molecular weight is 482 g/mol. The van der Waals surface area contributed by atoms with E-state index in [4.69, 9.17) is 19.3 Å². The number of ether oxygens (including phenoxy) is 3. The number of hydrogen-bond donors (Lipinski definition) is 3. The van der Waals surface area contributed by atoms with Crippen LogP contribution < -0.4 is 19.5 Å². The van der Waals surface area contributed by atoms with Crippen LogP contribution in [-0.4, -0.2) is 88.0 Å². The Labute approximate surface area is 201 Å². The molecule has 12 nitrogen and oxygen atoms in total. The van der Waals surface area contributed by atoms with Gasteiger partial charge in [-0.25, -0.2) is 0 Å². The Morgan fingerprint density at radius 1 is 1.31 bits per heavy atom. The Hall–Kier alpha value is -3.74. The molecule has 0 radical (unpaired) electrons. The summed E-state index contributed by atoms with van der Waals surface area (Å²) in [7, 11) is 3.61. The van der Waals surface area contributed by atoms with Gasteiger partial charge in [0.25, 0.3) is 5.91 Å². The van der Waals surface area contributed by atoms with Gasteiger partial charge >= 0.3 is 0 Å². The van der Waals surface area contributed by atoms with Crippen molar-refractivity contribution in [3.05, 3.63) is 52.8 Å². The topological polar surface area (TPSA) is 144 Å². The Balaban J connectivity index is 1.48. The summed E-state index contributed by atoms with van der Waals surface area (Å²) >= 11 is 0. The molecule has 0 aliphatic carbocycles. The van der Waals surface area contributed by atoms with Crippen LogP contribution in [0.4, 0.5) is 0 Å². The van der Waals surface area contributed by atoms with Crippen molar-refractivity contribution in [2.45, 2.75) is 18.6 Å². The van der Waals surface area contributed by atoms with Crippen molar-refractivity contribution in [3.8, 4) is 22.9 Å². The van der Waals surface area contributed by atoms with Gasteiger partial charge in [0.15, 0.2) is 17.3 Å². The van der Waals surface area contributed by atoms with Crippen molar-refractivity contribution in [1.82, 2.24) is 30.4 Å². The van der Waals surface area contributed by atoms with E-state index in [0.717, 1.165) is 24.1 Å². The van der Waals surface area contributed by atoms with Crippen LogP contribution in [-0.2, 0) is 6.42 Å². The van der Waals surface area contributed by atoms with Gasteiger partial charge in [-0.3, -0.25) is 9.69 Å². The molecular weight excluding hydrogens is 456 g/mol. The van der Waals surface area contributed by atoms with E-state index < -0.39 is 12.7 Å². The molecule has 0 spiro atoms. The van der Waals surface area contributed by atoms with E-state index in [-0.39, 0.29) is 25.3 Å². The highest BCUT2D eigenvalue weighted by Gasteiger charge is 2.37. The van der Waals surface area contributed by atoms with E-state index in [2.05, 4.69) is 25.7 Å². The Morgan fingerprint density at radius 3 is 2.86 bits per heavy atom. The summed E-state index contributed by atoms with van der Waals surface area (Å²) < 4.78 is 18.7. The predicted octanol–water partition coefficient (Wildman–Crippen LogP) is 0.0599. The van der Waals surface area contributed by atoms with Gasteiger partial charge in [0.05, 0.1) is 25.5 Å². The average Bonchev–Trinajstić information content (AvgIpc) is 3.55. The number of likely N-dealkylation sites (N-methyl/N-ethyl adjacent to an activating group) is 1. The van der Waals surface area contributed by atoms with Crippen molar-refractivity contribution in [2.24, 2.45) is 0 Å². The molecule has 2 aromatic carbocycles. The first kappa shape index (κ1) is 23.0. The number of carbonyl (C=O) groups excluding carboxylic acids is 1. The van der Waals surface area contributed by atoms with Crippen molar-refractivity contribution < 1.29 is 29.2 Å². The standard InChI is InChI=1S/C23H26N6O6/c1-28-8-7-14-9-17-20(35-12-34-17)21(33-2)18(14)19(28)22-25-26-27-29(22)15-5-3-13(4-6-15)23(32)24-10-16(31)11-30/h3-6,9,16,19,30-31H,7-8,10-12H2,1-2H3,(H,24,32)/t16-,19+/m0/s1. The van der Waals surface area contributed by atoms with Crippen LogP contribution in [0.3, 0.4) is 0 Å². The van der Waals surface area contributed by atoms with E-state index in [1.54, 1.807) is 36.1 Å². The van der Waals surface area contributed by atoms with Gasteiger partial charge in [0.2, 0.25) is 12.5 Å². The third-order valence-corrected chi connectivity index (χ3v) is 6.22. The maximum absolute atomic E-state index is 12.3. The summed E-state index contributed by atoms with van der Waals surface area (Å²) in [5.74, 6) is 2.09. The van der Waals surface area contributed by atoms with Crippen molar-refractivity contribution in [1.29, 1.82) is 0 Å². The minimum atomic E-state index is -1.01. The summed E-state index contributed by atoms with van der Waals surface area (Å²) in [6, 6.07) is 8.49. The van der Waals surface area contributed by atoms with Gasteiger partial charge in [0.1, 0.15) is 6.04 Å². The lowest BCUT2D eigenvalue weighted by atomic mass is 9.90. The molecule has 184 valence electrons. The molecule has 2 aliphatic heterocycles. The molecule has 3 heterocycles. The number of nitrogens with one attached hydrogen (secondary N) is 1. The first-order chi connectivity index (χ1) is 17.0. The number of nitrogens with zero attached hydrogens (tertiary/aromatic N) is 5. The number of aromatic nitrogens is 4. The van der Waals surface area contributed by atoms with Crippen molar-refractivity contribution >= 4 is 5.91 Å². The maximum atomic E-state index is 12.3. The number of fused-ring (bicyclic) bond motifs is 2. The second-order valence-corrected chi connectivity index (χ2v) is 8.39. The molecule has 3 N–H and O–H groups in total. The predicted molar refractivity (Wildman–Crippen MR) is 122 cm³/mol. The largest absolute Gasteiger partial charge is 0.492 e. The molecule has 2 atom stereocenters. The van der Waals surface area contributed by atoms with E-state index in [1.165, 1.54) is 0 Å². The quantitative estimate of drug-likeness (QED) is 0.423. The molecule has 0 bridgehead atoms. The van der Waals surface area contributed by atoms with Gasteiger partial charge in [-0.15, -0.1) is 5.10 Å². The van der Waals surface area contributed by atoms with Gasteiger partial charge in [-0.1, -0.05) is 0 Å². The fourth-order valence-electron chi connectivity index (χ4n) is 4.44. The molecule has 3 aromatic rings. The monoisotopic (exact) mass is 482 g/mol.